The maximum atomic E-state index is 6.07. The van der Waals surface area contributed by atoms with Crippen LogP contribution in [0.5, 0.6) is 5.75 Å². The van der Waals surface area contributed by atoms with E-state index in [1.165, 1.54) is 5.56 Å². The van der Waals surface area contributed by atoms with E-state index in [4.69, 9.17) is 10.5 Å². The molecule has 1 aliphatic heterocycles. The maximum Gasteiger partial charge on any atom is 0.119 e. The van der Waals surface area contributed by atoms with Crippen LogP contribution in [0.25, 0.3) is 0 Å². The summed E-state index contributed by atoms with van der Waals surface area (Å²) in [6.45, 7) is 10.6. The average Bonchev–Trinajstić information content (AvgIpc) is 2.54. The molecule has 0 radical (unpaired) electrons. The van der Waals surface area contributed by atoms with Crippen LogP contribution in [0.3, 0.4) is 0 Å². The summed E-state index contributed by atoms with van der Waals surface area (Å²) in [5, 5.41) is 0. The molecule has 0 saturated carbocycles. The Labute approximate surface area is 116 Å². The second-order valence-electron chi connectivity index (χ2n) is 6.47. The van der Waals surface area contributed by atoms with Crippen molar-refractivity contribution in [2.45, 2.75) is 58.3 Å². The summed E-state index contributed by atoms with van der Waals surface area (Å²) in [4.78, 5) is 2.47. The van der Waals surface area contributed by atoms with Crippen LogP contribution >= 0.6 is 0 Å². The van der Waals surface area contributed by atoms with Crippen LogP contribution in [-0.2, 0) is 6.54 Å². The summed E-state index contributed by atoms with van der Waals surface area (Å²) in [6.07, 6.45) is 1.29. The van der Waals surface area contributed by atoms with Crippen molar-refractivity contribution in [3.05, 3.63) is 29.8 Å². The molecular formula is C16H26N2O. The van der Waals surface area contributed by atoms with E-state index in [1.54, 1.807) is 0 Å². The SMILES string of the molecule is CC(C)Oc1ccc(CN2CC(N)CC2(C)C)cc1. The molecule has 1 aromatic rings. The molecule has 0 amide bonds. The standard InChI is InChI=1S/C16H26N2O/c1-12(2)19-15-7-5-13(6-8-15)10-18-11-14(17)9-16(18,3)4/h5-8,12,14H,9-11,17H2,1-4H3. The fourth-order valence-electron chi connectivity index (χ4n) is 2.81. The number of benzene rings is 1. The van der Waals surface area contributed by atoms with Crippen LogP contribution in [0, 0.1) is 0 Å². The van der Waals surface area contributed by atoms with Gasteiger partial charge in [-0.15, -0.1) is 0 Å². The van der Waals surface area contributed by atoms with E-state index < -0.39 is 0 Å². The summed E-state index contributed by atoms with van der Waals surface area (Å²) in [5.74, 6) is 0.941. The van der Waals surface area contributed by atoms with Gasteiger partial charge in [-0.25, -0.2) is 0 Å². The molecule has 1 aromatic carbocycles. The average molecular weight is 262 g/mol. The molecule has 1 unspecified atom stereocenters. The van der Waals surface area contributed by atoms with Crippen LogP contribution in [-0.4, -0.2) is 29.1 Å². The molecule has 1 fully saturated rings. The molecule has 2 N–H and O–H groups in total. The van der Waals surface area contributed by atoms with Crippen molar-refractivity contribution in [1.82, 2.24) is 4.90 Å². The second kappa shape index (κ2) is 5.51. The molecule has 1 saturated heterocycles. The number of likely N-dealkylation sites (tertiary alicyclic amines) is 1. The highest BCUT2D eigenvalue weighted by Crippen LogP contribution is 2.29. The van der Waals surface area contributed by atoms with Crippen molar-refractivity contribution in [1.29, 1.82) is 0 Å². The van der Waals surface area contributed by atoms with Crippen molar-refractivity contribution < 1.29 is 4.74 Å². The first kappa shape index (κ1) is 14.4. The lowest BCUT2D eigenvalue weighted by Crippen LogP contribution is -2.37. The second-order valence-corrected chi connectivity index (χ2v) is 6.47. The highest BCUT2D eigenvalue weighted by Gasteiger charge is 2.36. The lowest BCUT2D eigenvalue weighted by atomic mass is 10.00. The third kappa shape index (κ3) is 3.71. The normalized spacial score (nSPS) is 22.9. The lowest BCUT2D eigenvalue weighted by Gasteiger charge is -2.31. The van der Waals surface area contributed by atoms with Gasteiger partial charge >= 0.3 is 0 Å². The minimum Gasteiger partial charge on any atom is -0.491 e. The molecule has 1 atom stereocenters. The van der Waals surface area contributed by atoms with Gasteiger partial charge in [0.2, 0.25) is 0 Å². The Hall–Kier alpha value is -1.06. The first-order valence-electron chi connectivity index (χ1n) is 7.13. The Morgan fingerprint density at radius 3 is 2.42 bits per heavy atom. The minimum atomic E-state index is 0.201. The Kier molecular flexibility index (Phi) is 4.16. The van der Waals surface area contributed by atoms with Crippen LogP contribution in [0.15, 0.2) is 24.3 Å². The van der Waals surface area contributed by atoms with Crippen molar-refractivity contribution in [2.75, 3.05) is 6.54 Å². The van der Waals surface area contributed by atoms with Gasteiger partial charge in [0, 0.05) is 24.7 Å². The Morgan fingerprint density at radius 1 is 1.32 bits per heavy atom. The summed E-state index contributed by atoms with van der Waals surface area (Å²) < 4.78 is 5.66. The van der Waals surface area contributed by atoms with Crippen LogP contribution in [0.2, 0.25) is 0 Å². The predicted molar refractivity (Wildman–Crippen MR) is 79.3 cm³/mol. The van der Waals surface area contributed by atoms with Gasteiger partial charge in [-0.2, -0.15) is 0 Å². The Bertz CT molecular complexity index is 411. The molecule has 0 bridgehead atoms. The third-order valence-electron chi connectivity index (χ3n) is 3.74. The number of hydrogen-bond donors (Lipinski definition) is 1. The fraction of sp³-hybridized carbons (Fsp3) is 0.625. The minimum absolute atomic E-state index is 0.201. The van der Waals surface area contributed by atoms with Gasteiger partial charge in [0.25, 0.3) is 0 Å². The zero-order chi connectivity index (χ0) is 14.0. The highest BCUT2D eigenvalue weighted by molar-refractivity contribution is 5.27. The van der Waals surface area contributed by atoms with Gasteiger partial charge in [0.15, 0.2) is 0 Å². The van der Waals surface area contributed by atoms with Gasteiger partial charge in [-0.3, -0.25) is 4.90 Å². The van der Waals surface area contributed by atoms with Gasteiger partial charge in [-0.1, -0.05) is 12.1 Å². The van der Waals surface area contributed by atoms with E-state index in [0.29, 0.717) is 6.04 Å². The van der Waals surface area contributed by atoms with E-state index in [-0.39, 0.29) is 11.6 Å². The number of hydrogen-bond acceptors (Lipinski definition) is 3. The number of nitrogens with two attached hydrogens (primary N) is 1. The Balaban J connectivity index is 2.00. The van der Waals surface area contributed by atoms with Gasteiger partial charge < -0.3 is 10.5 Å². The van der Waals surface area contributed by atoms with E-state index >= 15 is 0 Å². The first-order chi connectivity index (χ1) is 8.87. The van der Waals surface area contributed by atoms with Crippen LogP contribution in [0.1, 0.15) is 39.7 Å². The lowest BCUT2D eigenvalue weighted by molar-refractivity contribution is 0.166. The molecular weight excluding hydrogens is 236 g/mol. The number of nitrogens with zero attached hydrogens (tertiary/aromatic N) is 1. The number of ether oxygens (including phenoxy) is 1. The molecule has 2 rings (SSSR count). The van der Waals surface area contributed by atoms with Crippen molar-refractivity contribution in [2.24, 2.45) is 5.73 Å². The first-order valence-corrected chi connectivity index (χ1v) is 7.13. The van der Waals surface area contributed by atoms with Crippen molar-refractivity contribution in [3.8, 4) is 5.75 Å². The summed E-state index contributed by atoms with van der Waals surface area (Å²) >= 11 is 0. The maximum absolute atomic E-state index is 6.07. The zero-order valence-electron chi connectivity index (χ0n) is 12.5. The monoisotopic (exact) mass is 262 g/mol. The number of rotatable bonds is 4. The highest BCUT2D eigenvalue weighted by atomic mass is 16.5. The molecule has 3 nitrogen and oxygen atoms in total. The van der Waals surface area contributed by atoms with E-state index in [2.05, 4.69) is 43.0 Å². The molecule has 1 aliphatic rings. The summed E-state index contributed by atoms with van der Waals surface area (Å²) in [6, 6.07) is 8.71. The van der Waals surface area contributed by atoms with Gasteiger partial charge in [-0.05, 0) is 51.8 Å². The summed E-state index contributed by atoms with van der Waals surface area (Å²) in [7, 11) is 0. The Morgan fingerprint density at radius 2 is 1.95 bits per heavy atom. The molecule has 0 aliphatic carbocycles. The summed E-state index contributed by atoms with van der Waals surface area (Å²) in [5.41, 5.74) is 7.59. The largest absolute Gasteiger partial charge is 0.491 e. The van der Waals surface area contributed by atoms with Gasteiger partial charge in [0.05, 0.1) is 6.10 Å². The van der Waals surface area contributed by atoms with Crippen LogP contribution < -0.4 is 10.5 Å². The topological polar surface area (TPSA) is 38.5 Å². The van der Waals surface area contributed by atoms with Crippen molar-refractivity contribution >= 4 is 0 Å². The third-order valence-corrected chi connectivity index (χ3v) is 3.74. The van der Waals surface area contributed by atoms with E-state index in [9.17, 15) is 0 Å². The molecule has 1 heterocycles. The quantitative estimate of drug-likeness (QED) is 0.907. The van der Waals surface area contributed by atoms with E-state index in [1.807, 2.05) is 13.8 Å². The van der Waals surface area contributed by atoms with E-state index in [0.717, 1.165) is 25.3 Å². The molecule has 0 aromatic heterocycles. The fourth-order valence-corrected chi connectivity index (χ4v) is 2.81. The van der Waals surface area contributed by atoms with Crippen molar-refractivity contribution in [3.63, 3.8) is 0 Å². The molecule has 0 spiro atoms. The predicted octanol–water partition coefficient (Wildman–Crippen LogP) is 2.79. The molecule has 3 heteroatoms. The zero-order valence-corrected chi connectivity index (χ0v) is 12.5. The smallest absolute Gasteiger partial charge is 0.119 e. The molecule has 106 valence electrons. The molecule has 19 heavy (non-hydrogen) atoms. The van der Waals surface area contributed by atoms with Gasteiger partial charge in [0.1, 0.15) is 5.75 Å². The van der Waals surface area contributed by atoms with Crippen LogP contribution in [0.4, 0.5) is 0 Å².